The van der Waals surface area contributed by atoms with Crippen LogP contribution in [0.2, 0.25) is 0 Å². The summed E-state index contributed by atoms with van der Waals surface area (Å²) >= 11 is 1.66. The van der Waals surface area contributed by atoms with Crippen LogP contribution in [0.4, 0.5) is 5.82 Å². The molecule has 1 aromatic heterocycles. The maximum absolute atomic E-state index is 4.33. The Kier molecular flexibility index (Phi) is 5.29. The fraction of sp³-hybridized carbons (Fsp3) is 0.714. The van der Waals surface area contributed by atoms with Gasteiger partial charge in [-0.1, -0.05) is 26.2 Å². The van der Waals surface area contributed by atoms with Gasteiger partial charge in [-0.2, -0.15) is 0 Å². The Morgan fingerprint density at radius 1 is 1.33 bits per heavy atom. The van der Waals surface area contributed by atoms with E-state index in [2.05, 4.69) is 28.3 Å². The third kappa shape index (κ3) is 3.61. The summed E-state index contributed by atoms with van der Waals surface area (Å²) in [6.07, 6.45) is 11.8. The molecule has 100 valence electrons. The molecule has 4 heteroatoms. The van der Waals surface area contributed by atoms with Crippen molar-refractivity contribution in [2.45, 2.75) is 56.5 Å². The zero-order valence-electron chi connectivity index (χ0n) is 11.4. The molecule has 1 aromatic rings. The van der Waals surface area contributed by atoms with E-state index in [4.69, 9.17) is 0 Å². The van der Waals surface area contributed by atoms with Gasteiger partial charge in [0.1, 0.15) is 17.2 Å². The number of rotatable bonds is 5. The van der Waals surface area contributed by atoms with Crippen LogP contribution in [0.25, 0.3) is 0 Å². The predicted octanol–water partition coefficient (Wildman–Crippen LogP) is 3.97. The normalized spacial score (nSPS) is 18.6. The highest BCUT2D eigenvalue weighted by molar-refractivity contribution is 7.98. The third-order valence-corrected chi connectivity index (χ3v) is 4.48. The molecule has 1 N–H and O–H groups in total. The standard InChI is InChI=1S/C14H23N3S/c1-3-12(11-7-5-4-6-8-11)17-13-9-14(18-2)16-10-15-13/h9-12H,3-8H2,1-2H3,(H,15,16,17). The lowest BCUT2D eigenvalue weighted by molar-refractivity contribution is 0.312. The number of anilines is 1. The second kappa shape index (κ2) is 6.98. The minimum atomic E-state index is 0.565. The van der Waals surface area contributed by atoms with Crippen molar-refractivity contribution in [3.63, 3.8) is 0 Å². The summed E-state index contributed by atoms with van der Waals surface area (Å²) < 4.78 is 0. The molecule has 1 saturated carbocycles. The zero-order chi connectivity index (χ0) is 12.8. The monoisotopic (exact) mass is 265 g/mol. The molecule has 2 rings (SSSR count). The smallest absolute Gasteiger partial charge is 0.130 e. The van der Waals surface area contributed by atoms with Crippen molar-refractivity contribution in [3.05, 3.63) is 12.4 Å². The van der Waals surface area contributed by atoms with E-state index in [0.717, 1.165) is 16.8 Å². The molecule has 3 nitrogen and oxygen atoms in total. The molecular formula is C14H23N3S. The topological polar surface area (TPSA) is 37.8 Å². The maximum Gasteiger partial charge on any atom is 0.130 e. The third-order valence-electron chi connectivity index (χ3n) is 3.84. The lowest BCUT2D eigenvalue weighted by Gasteiger charge is -2.30. The maximum atomic E-state index is 4.33. The van der Waals surface area contributed by atoms with Gasteiger partial charge in [0.15, 0.2) is 0 Å². The Hall–Kier alpha value is -0.770. The summed E-state index contributed by atoms with van der Waals surface area (Å²) in [6, 6.07) is 2.62. The van der Waals surface area contributed by atoms with Crippen molar-refractivity contribution in [2.75, 3.05) is 11.6 Å². The van der Waals surface area contributed by atoms with Gasteiger partial charge in [0.25, 0.3) is 0 Å². The second-order valence-corrected chi connectivity index (χ2v) is 5.83. The van der Waals surface area contributed by atoms with Gasteiger partial charge in [-0.3, -0.25) is 0 Å². The molecule has 0 aliphatic heterocycles. The Balaban J connectivity index is 1.99. The Morgan fingerprint density at radius 2 is 2.11 bits per heavy atom. The molecule has 1 aliphatic carbocycles. The van der Waals surface area contributed by atoms with Crippen molar-refractivity contribution in [1.29, 1.82) is 0 Å². The highest BCUT2D eigenvalue weighted by Crippen LogP contribution is 2.29. The van der Waals surface area contributed by atoms with Gasteiger partial charge < -0.3 is 5.32 Å². The van der Waals surface area contributed by atoms with Gasteiger partial charge in [0.05, 0.1) is 0 Å². The lowest BCUT2D eigenvalue weighted by atomic mass is 9.83. The number of aromatic nitrogens is 2. The molecule has 0 saturated heterocycles. The number of nitrogens with one attached hydrogen (secondary N) is 1. The van der Waals surface area contributed by atoms with Gasteiger partial charge in [-0.25, -0.2) is 9.97 Å². The summed E-state index contributed by atoms with van der Waals surface area (Å²) in [4.78, 5) is 8.55. The SMILES string of the molecule is CCC(Nc1cc(SC)ncn1)C1CCCCC1. The molecule has 0 radical (unpaired) electrons. The van der Waals surface area contributed by atoms with E-state index in [0.29, 0.717) is 6.04 Å². The quantitative estimate of drug-likeness (QED) is 0.646. The van der Waals surface area contributed by atoms with E-state index < -0.39 is 0 Å². The van der Waals surface area contributed by atoms with E-state index in [1.807, 2.05) is 6.26 Å². The number of nitrogens with zero attached hydrogens (tertiary/aromatic N) is 2. The molecule has 0 aromatic carbocycles. The Morgan fingerprint density at radius 3 is 2.78 bits per heavy atom. The lowest BCUT2D eigenvalue weighted by Crippen LogP contribution is -2.30. The van der Waals surface area contributed by atoms with E-state index in [1.54, 1.807) is 18.1 Å². The van der Waals surface area contributed by atoms with Crippen LogP contribution in [0.15, 0.2) is 17.4 Å². The zero-order valence-corrected chi connectivity index (χ0v) is 12.2. The van der Waals surface area contributed by atoms with Crippen LogP contribution >= 0.6 is 11.8 Å². The first-order valence-corrected chi connectivity index (χ1v) is 8.18. The predicted molar refractivity (Wildman–Crippen MR) is 78.1 cm³/mol. The molecule has 1 atom stereocenters. The van der Waals surface area contributed by atoms with E-state index >= 15 is 0 Å². The van der Waals surface area contributed by atoms with E-state index in [9.17, 15) is 0 Å². The highest BCUT2D eigenvalue weighted by atomic mass is 32.2. The second-order valence-electron chi connectivity index (χ2n) is 5.00. The molecule has 1 aliphatic rings. The summed E-state index contributed by atoms with van der Waals surface area (Å²) in [5, 5.41) is 4.64. The first-order valence-electron chi connectivity index (χ1n) is 6.96. The highest BCUT2D eigenvalue weighted by Gasteiger charge is 2.22. The van der Waals surface area contributed by atoms with Gasteiger partial charge >= 0.3 is 0 Å². The summed E-state index contributed by atoms with van der Waals surface area (Å²) in [6.45, 7) is 2.27. The molecule has 0 bridgehead atoms. The number of hydrogen-bond acceptors (Lipinski definition) is 4. The molecule has 0 spiro atoms. The number of hydrogen-bond donors (Lipinski definition) is 1. The molecule has 1 fully saturated rings. The van der Waals surface area contributed by atoms with Crippen LogP contribution < -0.4 is 5.32 Å². The van der Waals surface area contributed by atoms with Crippen LogP contribution in [-0.2, 0) is 0 Å². The molecular weight excluding hydrogens is 242 g/mol. The van der Waals surface area contributed by atoms with Gasteiger partial charge in [-0.15, -0.1) is 11.8 Å². The molecule has 0 amide bonds. The van der Waals surface area contributed by atoms with Gasteiger partial charge in [0, 0.05) is 12.1 Å². The Labute approximate surface area is 114 Å². The Bertz CT molecular complexity index is 364. The fourth-order valence-electron chi connectivity index (χ4n) is 2.81. The molecule has 1 heterocycles. The van der Waals surface area contributed by atoms with Crippen LogP contribution in [0.1, 0.15) is 45.4 Å². The van der Waals surface area contributed by atoms with Gasteiger partial charge in [-0.05, 0) is 31.4 Å². The average Bonchev–Trinajstić information content (AvgIpc) is 2.46. The van der Waals surface area contributed by atoms with Crippen molar-refractivity contribution in [1.82, 2.24) is 9.97 Å². The van der Waals surface area contributed by atoms with Crippen molar-refractivity contribution >= 4 is 17.6 Å². The van der Waals surface area contributed by atoms with E-state index in [1.165, 1.54) is 38.5 Å². The van der Waals surface area contributed by atoms with Crippen LogP contribution in [0, 0.1) is 5.92 Å². The minimum Gasteiger partial charge on any atom is -0.367 e. The van der Waals surface area contributed by atoms with Crippen molar-refractivity contribution in [3.8, 4) is 0 Å². The summed E-state index contributed by atoms with van der Waals surface area (Å²) in [5.74, 6) is 1.79. The van der Waals surface area contributed by atoms with E-state index in [-0.39, 0.29) is 0 Å². The van der Waals surface area contributed by atoms with Crippen molar-refractivity contribution in [2.24, 2.45) is 5.92 Å². The average molecular weight is 265 g/mol. The summed E-state index contributed by atoms with van der Waals surface area (Å²) in [5.41, 5.74) is 0. The number of thioether (sulfide) groups is 1. The summed E-state index contributed by atoms with van der Waals surface area (Å²) in [7, 11) is 0. The van der Waals surface area contributed by atoms with Crippen molar-refractivity contribution < 1.29 is 0 Å². The minimum absolute atomic E-state index is 0.565. The molecule has 1 unspecified atom stereocenters. The fourth-order valence-corrected chi connectivity index (χ4v) is 3.19. The van der Waals surface area contributed by atoms with Crippen LogP contribution in [0.3, 0.4) is 0 Å². The first-order chi connectivity index (χ1) is 8.83. The van der Waals surface area contributed by atoms with Crippen LogP contribution in [0.5, 0.6) is 0 Å². The van der Waals surface area contributed by atoms with Crippen LogP contribution in [-0.4, -0.2) is 22.3 Å². The largest absolute Gasteiger partial charge is 0.367 e. The first kappa shape index (κ1) is 13.7. The van der Waals surface area contributed by atoms with Gasteiger partial charge in [0.2, 0.25) is 0 Å². The molecule has 18 heavy (non-hydrogen) atoms.